The van der Waals surface area contributed by atoms with E-state index in [1.54, 1.807) is 0 Å². The highest BCUT2D eigenvalue weighted by molar-refractivity contribution is 7.99. The molecule has 0 amide bonds. The van der Waals surface area contributed by atoms with Crippen LogP contribution in [0, 0.1) is 11.3 Å². The predicted molar refractivity (Wildman–Crippen MR) is 71.9 cm³/mol. The van der Waals surface area contributed by atoms with Gasteiger partial charge in [0.2, 0.25) is 0 Å². The Labute approximate surface area is 103 Å². The molecule has 1 heterocycles. The molecule has 2 rings (SSSR count). The third kappa shape index (κ3) is 2.84. The lowest BCUT2D eigenvalue weighted by Gasteiger charge is -2.21. The van der Waals surface area contributed by atoms with Gasteiger partial charge in [-0.25, -0.2) is 0 Å². The van der Waals surface area contributed by atoms with Gasteiger partial charge in [-0.15, -0.1) is 0 Å². The number of nitrogens with two attached hydrogens (primary N) is 1. The Morgan fingerprint density at radius 3 is 2.81 bits per heavy atom. The van der Waals surface area contributed by atoms with Crippen molar-refractivity contribution in [2.45, 2.75) is 39.2 Å². The van der Waals surface area contributed by atoms with Gasteiger partial charge in [-0.05, 0) is 55.9 Å². The number of nitrogens with one attached hydrogen (secondary N) is 1. The van der Waals surface area contributed by atoms with Gasteiger partial charge in [-0.3, -0.25) is 4.99 Å². The number of nitrogens with zero attached hydrogens (tertiary/aromatic N) is 1. The van der Waals surface area contributed by atoms with E-state index >= 15 is 0 Å². The van der Waals surface area contributed by atoms with E-state index in [9.17, 15) is 0 Å². The molecule has 16 heavy (non-hydrogen) atoms. The average molecular weight is 241 g/mol. The van der Waals surface area contributed by atoms with Crippen LogP contribution in [-0.4, -0.2) is 30.1 Å². The minimum Gasteiger partial charge on any atom is -0.370 e. The Morgan fingerprint density at radius 2 is 2.19 bits per heavy atom. The summed E-state index contributed by atoms with van der Waals surface area (Å²) in [4.78, 5) is 4.45. The summed E-state index contributed by atoms with van der Waals surface area (Å²) in [5.74, 6) is 4.11. The van der Waals surface area contributed by atoms with Gasteiger partial charge in [0.15, 0.2) is 5.96 Å². The molecule has 2 fully saturated rings. The minimum absolute atomic E-state index is 0.378. The van der Waals surface area contributed by atoms with E-state index in [-0.39, 0.29) is 0 Å². The fraction of sp³-hybridized carbons (Fsp3) is 0.917. The fourth-order valence-corrected chi connectivity index (χ4v) is 3.94. The van der Waals surface area contributed by atoms with Crippen molar-refractivity contribution in [2.75, 3.05) is 18.1 Å². The van der Waals surface area contributed by atoms with Crippen LogP contribution in [0.2, 0.25) is 0 Å². The molecule has 92 valence electrons. The molecule has 1 spiro atoms. The maximum Gasteiger partial charge on any atom is 0.188 e. The molecule has 4 heteroatoms. The quantitative estimate of drug-likeness (QED) is 0.585. The number of aliphatic imine (C=N–C) groups is 1. The molecular weight excluding hydrogens is 218 g/mol. The third-order valence-corrected chi connectivity index (χ3v) is 4.75. The summed E-state index contributed by atoms with van der Waals surface area (Å²) in [6.07, 6.45) is 4.18. The lowest BCUT2D eigenvalue weighted by atomic mass is 9.96. The number of hydrogen-bond acceptors (Lipinski definition) is 2. The molecule has 3 nitrogen and oxygen atoms in total. The van der Waals surface area contributed by atoms with Crippen molar-refractivity contribution in [3.8, 4) is 0 Å². The monoisotopic (exact) mass is 241 g/mol. The molecule has 0 radical (unpaired) electrons. The summed E-state index contributed by atoms with van der Waals surface area (Å²) in [5.41, 5.74) is 6.46. The summed E-state index contributed by atoms with van der Waals surface area (Å²) in [6, 6.07) is 0.378. The normalized spacial score (nSPS) is 28.4. The third-order valence-electron chi connectivity index (χ3n) is 3.77. The first kappa shape index (κ1) is 12.1. The van der Waals surface area contributed by atoms with Gasteiger partial charge in [-0.1, -0.05) is 0 Å². The van der Waals surface area contributed by atoms with Crippen molar-refractivity contribution in [3.63, 3.8) is 0 Å². The molecule has 2 aliphatic rings. The Balaban J connectivity index is 1.76. The van der Waals surface area contributed by atoms with Crippen molar-refractivity contribution < 1.29 is 0 Å². The van der Waals surface area contributed by atoms with Gasteiger partial charge >= 0.3 is 0 Å². The van der Waals surface area contributed by atoms with Crippen LogP contribution in [0.3, 0.4) is 0 Å². The first-order valence-electron chi connectivity index (χ1n) is 6.27. The molecule has 1 aliphatic carbocycles. The topological polar surface area (TPSA) is 50.4 Å². The van der Waals surface area contributed by atoms with Crippen LogP contribution in [-0.2, 0) is 0 Å². The molecule has 1 saturated heterocycles. The van der Waals surface area contributed by atoms with Gasteiger partial charge in [0, 0.05) is 12.6 Å². The molecule has 0 bridgehead atoms. The Hall–Kier alpha value is -0.380. The van der Waals surface area contributed by atoms with E-state index in [0.717, 1.165) is 12.5 Å². The van der Waals surface area contributed by atoms with Crippen LogP contribution in [0.4, 0.5) is 0 Å². The summed E-state index contributed by atoms with van der Waals surface area (Å²) in [5, 5.41) is 3.14. The fourth-order valence-electron chi connectivity index (χ4n) is 2.63. The highest BCUT2D eigenvalue weighted by atomic mass is 32.2. The maximum atomic E-state index is 5.80. The number of hydrogen-bond donors (Lipinski definition) is 2. The van der Waals surface area contributed by atoms with E-state index in [1.807, 2.05) is 0 Å². The smallest absolute Gasteiger partial charge is 0.188 e. The van der Waals surface area contributed by atoms with Gasteiger partial charge in [0.05, 0.1) is 0 Å². The minimum atomic E-state index is 0.378. The Morgan fingerprint density at radius 1 is 1.50 bits per heavy atom. The predicted octanol–water partition coefficient (Wildman–Crippen LogP) is 1.83. The van der Waals surface area contributed by atoms with Crippen molar-refractivity contribution >= 4 is 17.7 Å². The molecule has 3 N–H and O–H groups in total. The van der Waals surface area contributed by atoms with Crippen LogP contribution in [0.5, 0.6) is 0 Å². The first-order chi connectivity index (χ1) is 7.62. The van der Waals surface area contributed by atoms with Gasteiger partial charge in [-0.2, -0.15) is 11.8 Å². The lowest BCUT2D eigenvalue weighted by molar-refractivity contribution is 0.422. The second-order valence-corrected chi connectivity index (χ2v) is 6.63. The van der Waals surface area contributed by atoms with Crippen molar-refractivity contribution in [1.29, 1.82) is 0 Å². The highest BCUT2D eigenvalue weighted by Crippen LogP contribution is 2.60. The molecule has 0 aromatic carbocycles. The molecule has 1 atom stereocenters. The highest BCUT2D eigenvalue weighted by Gasteiger charge is 2.53. The largest absolute Gasteiger partial charge is 0.370 e. The van der Waals surface area contributed by atoms with E-state index < -0.39 is 0 Å². The van der Waals surface area contributed by atoms with Crippen LogP contribution in [0.15, 0.2) is 4.99 Å². The van der Waals surface area contributed by atoms with Crippen LogP contribution in [0.25, 0.3) is 0 Å². The molecule has 1 saturated carbocycles. The van der Waals surface area contributed by atoms with E-state index in [1.165, 1.54) is 30.8 Å². The van der Waals surface area contributed by atoms with E-state index in [4.69, 9.17) is 5.73 Å². The number of rotatable bonds is 3. The molecule has 1 unspecified atom stereocenters. The molecule has 0 aromatic heterocycles. The summed E-state index contributed by atoms with van der Waals surface area (Å²) >= 11 is 2.10. The van der Waals surface area contributed by atoms with Crippen LogP contribution >= 0.6 is 11.8 Å². The molecular formula is C12H23N3S. The molecule has 1 aliphatic heterocycles. The summed E-state index contributed by atoms with van der Waals surface area (Å²) in [7, 11) is 0. The second kappa shape index (κ2) is 4.86. The van der Waals surface area contributed by atoms with E-state index in [2.05, 4.69) is 35.9 Å². The average Bonchev–Trinajstić information content (AvgIpc) is 2.88. The second-order valence-electron chi connectivity index (χ2n) is 5.40. The zero-order chi connectivity index (χ0) is 11.6. The zero-order valence-corrected chi connectivity index (χ0v) is 11.1. The number of guanidine groups is 1. The van der Waals surface area contributed by atoms with Gasteiger partial charge in [0.25, 0.3) is 0 Å². The molecule has 0 aromatic rings. The first-order valence-corrected chi connectivity index (χ1v) is 7.42. The Kier molecular flexibility index (Phi) is 3.67. The van der Waals surface area contributed by atoms with Crippen molar-refractivity contribution in [2.24, 2.45) is 22.1 Å². The van der Waals surface area contributed by atoms with Crippen LogP contribution < -0.4 is 11.1 Å². The van der Waals surface area contributed by atoms with Crippen molar-refractivity contribution in [3.05, 3.63) is 0 Å². The number of thioether (sulfide) groups is 1. The lowest BCUT2D eigenvalue weighted by Crippen LogP contribution is -2.37. The summed E-state index contributed by atoms with van der Waals surface area (Å²) in [6.45, 7) is 5.09. The summed E-state index contributed by atoms with van der Waals surface area (Å²) < 4.78 is 0. The standard InChI is InChI=1S/C12H23N3S/c1-9(2)15-11(13)14-8-10-7-12(10)3-5-16-6-4-12/h9-10H,3-8H2,1-2H3,(H3,13,14,15). The van der Waals surface area contributed by atoms with Crippen LogP contribution in [0.1, 0.15) is 33.1 Å². The van der Waals surface area contributed by atoms with E-state index in [0.29, 0.717) is 17.4 Å². The Bertz CT molecular complexity index is 269. The zero-order valence-electron chi connectivity index (χ0n) is 10.3. The van der Waals surface area contributed by atoms with Gasteiger partial charge in [0.1, 0.15) is 0 Å². The van der Waals surface area contributed by atoms with Gasteiger partial charge < -0.3 is 11.1 Å². The SMILES string of the molecule is CC(C)NC(N)=NCC1CC12CCSCC2. The maximum absolute atomic E-state index is 5.80. The van der Waals surface area contributed by atoms with Crippen molar-refractivity contribution in [1.82, 2.24) is 5.32 Å².